The van der Waals surface area contributed by atoms with E-state index in [2.05, 4.69) is 5.32 Å². The number of methoxy groups -OCH3 is 1. The lowest BCUT2D eigenvalue weighted by Crippen LogP contribution is -2.17. The SMILES string of the molecule is CNC(=S)c1cc(C)c(OC)cc1C. The highest BCUT2D eigenvalue weighted by atomic mass is 32.1. The van der Waals surface area contributed by atoms with Crippen molar-refractivity contribution in [3.63, 3.8) is 0 Å². The molecule has 0 radical (unpaired) electrons. The van der Waals surface area contributed by atoms with Crippen molar-refractivity contribution in [1.82, 2.24) is 5.32 Å². The Morgan fingerprint density at radius 2 is 1.93 bits per heavy atom. The Bertz CT molecular complexity index is 361. The first kappa shape index (κ1) is 11.0. The molecule has 2 nitrogen and oxygen atoms in total. The quantitative estimate of drug-likeness (QED) is 0.755. The Morgan fingerprint density at radius 3 is 2.43 bits per heavy atom. The van der Waals surface area contributed by atoms with Gasteiger partial charge < -0.3 is 10.1 Å². The summed E-state index contributed by atoms with van der Waals surface area (Å²) in [7, 11) is 3.51. The van der Waals surface area contributed by atoms with E-state index in [0.717, 1.165) is 27.4 Å². The minimum atomic E-state index is 0.772. The zero-order valence-electron chi connectivity index (χ0n) is 8.97. The number of hydrogen-bond donors (Lipinski definition) is 1. The van der Waals surface area contributed by atoms with Crippen molar-refractivity contribution in [2.24, 2.45) is 0 Å². The molecular weight excluding hydrogens is 194 g/mol. The van der Waals surface area contributed by atoms with Crippen LogP contribution in [0, 0.1) is 13.8 Å². The van der Waals surface area contributed by atoms with Gasteiger partial charge in [-0.2, -0.15) is 0 Å². The summed E-state index contributed by atoms with van der Waals surface area (Å²) < 4.78 is 5.23. The van der Waals surface area contributed by atoms with Crippen LogP contribution in [0.2, 0.25) is 0 Å². The lowest BCUT2D eigenvalue weighted by molar-refractivity contribution is 0.411. The molecule has 0 aromatic heterocycles. The van der Waals surface area contributed by atoms with Gasteiger partial charge in [-0.3, -0.25) is 0 Å². The Morgan fingerprint density at radius 1 is 1.29 bits per heavy atom. The first-order valence-electron chi connectivity index (χ1n) is 4.47. The molecule has 0 fully saturated rings. The second-order valence-corrected chi connectivity index (χ2v) is 3.62. The van der Waals surface area contributed by atoms with E-state index in [1.54, 1.807) is 7.11 Å². The molecular formula is C11H15NOS. The van der Waals surface area contributed by atoms with E-state index in [0.29, 0.717) is 0 Å². The van der Waals surface area contributed by atoms with Gasteiger partial charge in [0, 0.05) is 12.6 Å². The standard InChI is InChI=1S/C11H15NOS/c1-7-6-10(13-4)8(2)5-9(7)11(14)12-3/h5-6H,1-4H3,(H,12,14). The van der Waals surface area contributed by atoms with Crippen molar-refractivity contribution >= 4 is 17.2 Å². The Balaban J connectivity index is 3.21. The number of aryl methyl sites for hydroxylation is 2. The summed E-state index contributed by atoms with van der Waals surface area (Å²) >= 11 is 5.20. The summed E-state index contributed by atoms with van der Waals surface area (Å²) in [6.07, 6.45) is 0. The molecule has 76 valence electrons. The van der Waals surface area contributed by atoms with Gasteiger partial charge in [0.1, 0.15) is 10.7 Å². The highest BCUT2D eigenvalue weighted by molar-refractivity contribution is 7.80. The molecule has 0 bridgehead atoms. The maximum Gasteiger partial charge on any atom is 0.122 e. The van der Waals surface area contributed by atoms with E-state index in [4.69, 9.17) is 17.0 Å². The average molecular weight is 209 g/mol. The highest BCUT2D eigenvalue weighted by Crippen LogP contribution is 2.22. The third kappa shape index (κ3) is 2.04. The molecule has 0 atom stereocenters. The number of nitrogens with one attached hydrogen (secondary N) is 1. The van der Waals surface area contributed by atoms with Crippen molar-refractivity contribution in [3.05, 3.63) is 28.8 Å². The molecule has 1 rings (SSSR count). The number of rotatable bonds is 2. The molecule has 3 heteroatoms. The molecule has 0 heterocycles. The van der Waals surface area contributed by atoms with Crippen molar-refractivity contribution in [1.29, 1.82) is 0 Å². The summed E-state index contributed by atoms with van der Waals surface area (Å²) in [5.41, 5.74) is 3.30. The van der Waals surface area contributed by atoms with Crippen LogP contribution < -0.4 is 10.1 Å². The van der Waals surface area contributed by atoms with Gasteiger partial charge in [0.05, 0.1) is 7.11 Å². The van der Waals surface area contributed by atoms with Gasteiger partial charge in [0.15, 0.2) is 0 Å². The summed E-state index contributed by atoms with van der Waals surface area (Å²) in [6.45, 7) is 4.04. The van der Waals surface area contributed by atoms with Gasteiger partial charge in [-0.05, 0) is 37.1 Å². The van der Waals surface area contributed by atoms with Crippen LogP contribution >= 0.6 is 12.2 Å². The second kappa shape index (κ2) is 4.42. The number of thiocarbonyl (C=S) groups is 1. The molecule has 0 aliphatic rings. The summed E-state index contributed by atoms with van der Waals surface area (Å²) in [5, 5.41) is 2.98. The van der Waals surface area contributed by atoms with Gasteiger partial charge in [-0.1, -0.05) is 12.2 Å². The fraction of sp³-hybridized carbons (Fsp3) is 0.364. The Kier molecular flexibility index (Phi) is 3.47. The molecule has 0 saturated carbocycles. The van der Waals surface area contributed by atoms with Crippen LogP contribution in [0.3, 0.4) is 0 Å². The van der Waals surface area contributed by atoms with Gasteiger partial charge in [-0.15, -0.1) is 0 Å². The molecule has 0 aliphatic heterocycles. The summed E-state index contributed by atoms with van der Waals surface area (Å²) in [6, 6.07) is 4.06. The van der Waals surface area contributed by atoms with Gasteiger partial charge >= 0.3 is 0 Å². The van der Waals surface area contributed by atoms with Crippen LogP contribution in [0.5, 0.6) is 5.75 Å². The topological polar surface area (TPSA) is 21.3 Å². The van der Waals surface area contributed by atoms with Crippen LogP contribution in [-0.4, -0.2) is 19.1 Å². The average Bonchev–Trinajstić information content (AvgIpc) is 2.19. The van der Waals surface area contributed by atoms with Crippen LogP contribution in [0.15, 0.2) is 12.1 Å². The van der Waals surface area contributed by atoms with Crippen molar-refractivity contribution in [2.75, 3.05) is 14.2 Å². The smallest absolute Gasteiger partial charge is 0.122 e. The maximum absolute atomic E-state index is 5.23. The van der Waals surface area contributed by atoms with E-state index in [-0.39, 0.29) is 0 Å². The predicted octanol–water partition coefficient (Wildman–Crippen LogP) is 2.21. The molecule has 14 heavy (non-hydrogen) atoms. The van der Waals surface area contributed by atoms with E-state index < -0.39 is 0 Å². The summed E-state index contributed by atoms with van der Waals surface area (Å²) in [5.74, 6) is 0.908. The van der Waals surface area contributed by atoms with E-state index >= 15 is 0 Å². The molecule has 0 unspecified atom stereocenters. The fourth-order valence-corrected chi connectivity index (χ4v) is 1.61. The maximum atomic E-state index is 5.23. The molecule has 0 spiro atoms. The van der Waals surface area contributed by atoms with Crippen molar-refractivity contribution < 1.29 is 4.74 Å². The molecule has 1 N–H and O–H groups in total. The van der Waals surface area contributed by atoms with Gasteiger partial charge in [-0.25, -0.2) is 0 Å². The van der Waals surface area contributed by atoms with Crippen LogP contribution in [0.25, 0.3) is 0 Å². The van der Waals surface area contributed by atoms with E-state index in [9.17, 15) is 0 Å². The Labute approximate surface area is 90.3 Å². The van der Waals surface area contributed by atoms with Crippen molar-refractivity contribution in [3.8, 4) is 5.75 Å². The first-order chi connectivity index (χ1) is 6.60. The monoisotopic (exact) mass is 209 g/mol. The minimum Gasteiger partial charge on any atom is -0.496 e. The molecule has 0 aliphatic carbocycles. The molecule has 0 amide bonds. The van der Waals surface area contributed by atoms with Gasteiger partial charge in [0.2, 0.25) is 0 Å². The largest absolute Gasteiger partial charge is 0.496 e. The van der Waals surface area contributed by atoms with Crippen molar-refractivity contribution in [2.45, 2.75) is 13.8 Å². The van der Waals surface area contributed by atoms with E-state index in [1.165, 1.54) is 0 Å². The summed E-state index contributed by atoms with van der Waals surface area (Å²) in [4.78, 5) is 0.772. The van der Waals surface area contributed by atoms with Gasteiger partial charge in [0.25, 0.3) is 0 Å². The third-order valence-corrected chi connectivity index (χ3v) is 2.64. The van der Waals surface area contributed by atoms with E-state index in [1.807, 2.05) is 33.0 Å². The Hall–Kier alpha value is -1.09. The molecule has 0 saturated heterocycles. The number of ether oxygens (including phenoxy) is 1. The second-order valence-electron chi connectivity index (χ2n) is 3.22. The number of hydrogen-bond acceptors (Lipinski definition) is 2. The lowest BCUT2D eigenvalue weighted by Gasteiger charge is -2.11. The molecule has 1 aromatic rings. The predicted molar refractivity (Wildman–Crippen MR) is 63.2 cm³/mol. The zero-order valence-corrected chi connectivity index (χ0v) is 9.79. The first-order valence-corrected chi connectivity index (χ1v) is 4.88. The zero-order chi connectivity index (χ0) is 10.7. The number of benzene rings is 1. The van der Waals surface area contributed by atoms with Crippen LogP contribution in [-0.2, 0) is 0 Å². The third-order valence-electron chi connectivity index (χ3n) is 2.21. The minimum absolute atomic E-state index is 0.772. The normalized spacial score (nSPS) is 9.71. The van der Waals surface area contributed by atoms with Crippen LogP contribution in [0.1, 0.15) is 16.7 Å². The lowest BCUT2D eigenvalue weighted by atomic mass is 10.0. The highest BCUT2D eigenvalue weighted by Gasteiger charge is 2.07. The molecule has 1 aromatic carbocycles. The van der Waals surface area contributed by atoms with Crippen LogP contribution in [0.4, 0.5) is 0 Å². The fourth-order valence-electron chi connectivity index (χ4n) is 1.39.